The quantitative estimate of drug-likeness (QED) is 0.0806. The third-order valence-electron chi connectivity index (χ3n) is 27.1. The summed E-state index contributed by atoms with van der Waals surface area (Å²) in [7, 11) is -5.00. The van der Waals surface area contributed by atoms with Crippen LogP contribution < -0.4 is 0 Å². The SMILES string of the molecule is CC(C)[C@H]1CC[C@@H]2[C@]1(C)CC[C@]1(C)C3=CC[C@H]4[C@](C)(C(=O)O)[C@@H](O)[C@H](O)[C@@H](O)[C@]4(C(=O)O)[C@H]3CC[C@@]21C.CC(C)[C@H]1CC[C@@H]2[C@]1(C)CC[C@]1(C)C3=CC[C@H]4[C@](C)(C(=O)O)[C@@H](O)[C@H](O)[C@@H](O)[C@]4(COP(=O)(O)O)[C@H]3CC[C@@]21C. The van der Waals surface area contributed by atoms with Gasteiger partial charge in [-0.15, -0.1) is 0 Å². The average Bonchev–Trinajstić information content (AvgIpc) is 4.14. The van der Waals surface area contributed by atoms with Gasteiger partial charge in [-0.3, -0.25) is 18.9 Å². The second-order valence-electron chi connectivity index (χ2n) is 29.6. The minimum atomic E-state index is -5.00. The van der Waals surface area contributed by atoms with Crippen LogP contribution in [0.3, 0.4) is 0 Å². The molecule has 0 aromatic heterocycles. The summed E-state index contributed by atoms with van der Waals surface area (Å²) in [6, 6.07) is 0. The summed E-state index contributed by atoms with van der Waals surface area (Å²) in [6.45, 7) is 25.7. The van der Waals surface area contributed by atoms with Gasteiger partial charge in [0.05, 0.1) is 41.9 Å². The van der Waals surface area contributed by atoms with E-state index < -0.39 is 114 Å². The zero-order chi connectivity index (χ0) is 57.4. The number of phosphoric acid groups is 1. The number of carboxylic acids is 3. The molecule has 10 aliphatic carbocycles. The van der Waals surface area contributed by atoms with Crippen molar-refractivity contribution in [1.29, 1.82) is 0 Å². The van der Waals surface area contributed by atoms with Gasteiger partial charge in [-0.05, 0) is 189 Å². The van der Waals surface area contributed by atoms with Gasteiger partial charge in [-0.1, -0.05) is 92.5 Å². The van der Waals surface area contributed by atoms with E-state index in [0.29, 0.717) is 48.3 Å². The highest BCUT2D eigenvalue weighted by Gasteiger charge is 2.78. The Kier molecular flexibility index (Phi) is 14.4. The number of carbonyl (C=O) groups is 3. The fraction of sp³-hybridized carbons (Fsp3) is 0.883. The van der Waals surface area contributed by atoms with Crippen molar-refractivity contribution >= 4 is 25.7 Å². The lowest BCUT2D eigenvalue weighted by Crippen LogP contribution is -2.74. The second kappa shape index (κ2) is 18.6. The molecule has 16 nitrogen and oxygen atoms in total. The van der Waals surface area contributed by atoms with Gasteiger partial charge in [0.15, 0.2) is 0 Å². The van der Waals surface area contributed by atoms with E-state index in [2.05, 4.69) is 81.4 Å². The monoisotopic (exact) mass is 1100 g/mol. The summed E-state index contributed by atoms with van der Waals surface area (Å²) in [5.74, 6) is -3.40. The van der Waals surface area contributed by atoms with Crippen molar-refractivity contribution in [2.45, 2.75) is 210 Å². The number of hydrogen-bond acceptors (Lipinski definition) is 11. The molecule has 24 atom stereocenters. The number of aliphatic carboxylic acids is 3. The van der Waals surface area contributed by atoms with Crippen LogP contribution in [0, 0.1) is 113 Å². The third kappa shape index (κ3) is 7.39. The molecule has 0 spiro atoms. The van der Waals surface area contributed by atoms with Crippen LogP contribution in [-0.2, 0) is 23.5 Å². The highest BCUT2D eigenvalue weighted by atomic mass is 31.2. The Labute approximate surface area is 456 Å². The Morgan fingerprint density at radius 1 is 0.532 bits per heavy atom. The van der Waals surface area contributed by atoms with Crippen molar-refractivity contribution in [2.24, 2.45) is 113 Å². The maximum atomic E-state index is 13.3. The minimum Gasteiger partial charge on any atom is -0.481 e. The number of carboxylic acid groups (broad SMARTS) is 3. The van der Waals surface area contributed by atoms with Crippen molar-refractivity contribution in [3.8, 4) is 0 Å². The van der Waals surface area contributed by atoms with Crippen molar-refractivity contribution < 1.29 is 79.2 Å². The summed E-state index contributed by atoms with van der Waals surface area (Å²) < 4.78 is 17.1. The molecule has 0 saturated heterocycles. The summed E-state index contributed by atoms with van der Waals surface area (Å²) in [5, 5.41) is 98.4. The number of allylic oxidation sites excluding steroid dienone is 4. The number of fused-ring (bicyclic) bond motifs is 14. The molecule has 77 heavy (non-hydrogen) atoms. The van der Waals surface area contributed by atoms with E-state index in [1.54, 1.807) is 0 Å². The van der Waals surface area contributed by atoms with Crippen molar-refractivity contribution in [3.63, 3.8) is 0 Å². The maximum Gasteiger partial charge on any atom is 0.469 e. The van der Waals surface area contributed by atoms with Crippen LogP contribution in [0.1, 0.15) is 173 Å². The van der Waals surface area contributed by atoms with Gasteiger partial charge in [0.2, 0.25) is 0 Å². The first-order valence-electron chi connectivity index (χ1n) is 29.3. The summed E-state index contributed by atoms with van der Waals surface area (Å²) >= 11 is 0. The molecule has 8 fully saturated rings. The van der Waals surface area contributed by atoms with Crippen molar-refractivity contribution in [1.82, 2.24) is 0 Å². The molecule has 11 N–H and O–H groups in total. The van der Waals surface area contributed by atoms with E-state index in [1.807, 2.05) is 0 Å². The highest BCUT2D eigenvalue weighted by Crippen LogP contribution is 2.79. The lowest BCUT2D eigenvalue weighted by atomic mass is 9.35. The third-order valence-corrected chi connectivity index (χ3v) is 27.6. The molecule has 17 heteroatoms. The summed E-state index contributed by atoms with van der Waals surface area (Å²) in [4.78, 5) is 58.0. The Balaban J connectivity index is 0.000000188. The normalized spacial score (nSPS) is 53.6. The first-order chi connectivity index (χ1) is 35.4. The summed E-state index contributed by atoms with van der Waals surface area (Å²) in [5.41, 5.74) is -5.18. The van der Waals surface area contributed by atoms with Crippen LogP contribution in [0.4, 0.5) is 0 Å². The van der Waals surface area contributed by atoms with E-state index in [1.165, 1.54) is 33.1 Å². The van der Waals surface area contributed by atoms with Gasteiger partial charge in [0.1, 0.15) is 17.6 Å². The fourth-order valence-corrected chi connectivity index (χ4v) is 23.2. The predicted octanol–water partition coefficient (Wildman–Crippen LogP) is 8.22. The number of rotatable bonds is 8. The maximum absolute atomic E-state index is 13.3. The molecule has 0 radical (unpaired) electrons. The molecule has 0 amide bonds. The number of phosphoric ester groups is 1. The Hall–Kier alpha value is -2.24. The Bertz CT molecular complexity index is 2510. The molecular formula is C60H95O16P. The number of aliphatic hydroxyl groups excluding tert-OH is 6. The molecule has 0 unspecified atom stereocenters. The molecule has 0 bridgehead atoms. The van der Waals surface area contributed by atoms with Gasteiger partial charge in [0.25, 0.3) is 0 Å². The van der Waals surface area contributed by atoms with Gasteiger partial charge >= 0.3 is 25.7 Å². The largest absolute Gasteiger partial charge is 0.481 e. The zero-order valence-electron chi connectivity index (χ0n) is 47.9. The first-order valence-corrected chi connectivity index (χ1v) is 30.8. The average molecular weight is 1100 g/mol. The van der Waals surface area contributed by atoms with Crippen molar-refractivity contribution in [2.75, 3.05) is 6.61 Å². The van der Waals surface area contributed by atoms with E-state index in [9.17, 15) is 74.7 Å². The molecule has 10 aliphatic rings. The molecule has 0 aromatic rings. The smallest absolute Gasteiger partial charge is 0.469 e. The van der Waals surface area contributed by atoms with Crippen LogP contribution in [0.25, 0.3) is 0 Å². The summed E-state index contributed by atoms with van der Waals surface area (Å²) in [6.07, 6.45) is 5.39. The van der Waals surface area contributed by atoms with Crippen LogP contribution in [0.5, 0.6) is 0 Å². The Morgan fingerprint density at radius 3 is 1.35 bits per heavy atom. The highest BCUT2D eigenvalue weighted by molar-refractivity contribution is 7.46. The molecule has 0 aromatic carbocycles. The van der Waals surface area contributed by atoms with Crippen LogP contribution in [-0.4, -0.2) is 117 Å². The fourth-order valence-electron chi connectivity index (χ4n) is 22.8. The minimum absolute atomic E-state index is 0.0354. The molecule has 0 aliphatic heterocycles. The molecule has 0 heterocycles. The molecule has 436 valence electrons. The van der Waals surface area contributed by atoms with Crippen LogP contribution >= 0.6 is 7.82 Å². The predicted molar refractivity (Wildman–Crippen MR) is 285 cm³/mol. The van der Waals surface area contributed by atoms with E-state index in [-0.39, 0.29) is 45.3 Å². The Morgan fingerprint density at radius 2 is 0.935 bits per heavy atom. The number of hydrogen-bond donors (Lipinski definition) is 11. The van der Waals surface area contributed by atoms with Crippen molar-refractivity contribution in [3.05, 3.63) is 23.3 Å². The second-order valence-corrected chi connectivity index (χ2v) is 30.8. The van der Waals surface area contributed by atoms with Crippen LogP contribution in [0.2, 0.25) is 0 Å². The van der Waals surface area contributed by atoms with Gasteiger partial charge in [-0.2, -0.15) is 0 Å². The molecule has 8 saturated carbocycles. The van der Waals surface area contributed by atoms with E-state index in [4.69, 9.17) is 4.52 Å². The van der Waals surface area contributed by atoms with E-state index in [0.717, 1.165) is 56.1 Å². The van der Waals surface area contributed by atoms with Gasteiger partial charge in [-0.25, -0.2) is 4.57 Å². The number of aliphatic hydroxyl groups is 6. The molecular weight excluding hydrogens is 1010 g/mol. The van der Waals surface area contributed by atoms with Crippen LogP contribution in [0.15, 0.2) is 23.3 Å². The lowest BCUT2D eigenvalue weighted by Gasteiger charge is -2.70. The zero-order valence-corrected chi connectivity index (χ0v) is 48.8. The van der Waals surface area contributed by atoms with E-state index >= 15 is 0 Å². The lowest BCUT2D eigenvalue weighted by molar-refractivity contribution is -0.263. The standard InChI is InChI=1S/C30H49O9P.C30H46O7/c1-16(2)17-7-9-20-26(17,3)13-14-27(4)18-8-10-21-29(6,25(34)35)23(32)22(31)24(33)30(21,15-39-40(36,37)38)19(18)11-12-28(20,27)5;1-15(2)16-7-9-19-26(16,3)13-14-27(4)17-8-10-20-29(6,24(34)35)22(32)21(31)23(33)30(20,25(36)37)18(17)11-12-28(19,27)5/h8,16-17,19-24,31-33H,7,9-15H2,1-6H3,(H,34,35)(H2,36,37,38);8,15-16,18-23,31-33H,7,9-14H2,1-6H3,(H,34,35)(H,36,37)/t17-,19+,20-,21+,22+,23+,24-,26-,27-,28+,29+,30-;16-,18+,19-,20+,21+,22+,23-,26-,27-,28+,29+,30+/m11/s1. The first kappa shape index (κ1) is 59.4. The molecule has 10 rings (SSSR count). The topological polar surface area (TPSA) is 300 Å². The van der Waals surface area contributed by atoms with Gasteiger partial charge in [0, 0.05) is 11.3 Å². The van der Waals surface area contributed by atoms with Gasteiger partial charge < -0.3 is 55.7 Å².